The second kappa shape index (κ2) is 10.7. The van der Waals surface area contributed by atoms with Crippen LogP contribution in [0, 0.1) is 5.92 Å². The van der Waals surface area contributed by atoms with Crippen molar-refractivity contribution in [1.29, 1.82) is 0 Å². The van der Waals surface area contributed by atoms with Crippen LogP contribution in [0.2, 0.25) is 0 Å². The van der Waals surface area contributed by atoms with Crippen LogP contribution in [0.5, 0.6) is 0 Å². The summed E-state index contributed by atoms with van der Waals surface area (Å²) in [5, 5.41) is 0. The second-order valence-electron chi connectivity index (χ2n) is 5.30. The average molecular weight is 357 g/mol. The molecule has 0 N–H and O–H groups in total. The van der Waals surface area contributed by atoms with Crippen molar-refractivity contribution in [2.24, 2.45) is 5.92 Å². The van der Waals surface area contributed by atoms with Gasteiger partial charge in [-0.3, -0.25) is 4.98 Å². The van der Waals surface area contributed by atoms with Gasteiger partial charge in [-0.1, -0.05) is 52.4 Å². The number of nitrogens with zero attached hydrogens (tertiary/aromatic N) is 2. The molecule has 0 amide bonds. The zero-order valence-corrected chi connectivity index (χ0v) is 14.6. The number of carbonyl (C=O) groups excluding carboxylic acids is 1. The Hall–Kier alpha value is -0.970. The van der Waals surface area contributed by atoms with Gasteiger partial charge in [-0.05, 0) is 28.3 Å². The Balaban J connectivity index is 2.29. The lowest BCUT2D eigenvalue weighted by Gasteiger charge is -2.14. The molecule has 1 atom stereocenters. The van der Waals surface area contributed by atoms with Crippen molar-refractivity contribution in [3.05, 3.63) is 22.7 Å². The van der Waals surface area contributed by atoms with Gasteiger partial charge in [-0.2, -0.15) is 0 Å². The van der Waals surface area contributed by atoms with E-state index in [1.165, 1.54) is 38.3 Å². The van der Waals surface area contributed by atoms with E-state index in [0.717, 1.165) is 12.8 Å². The van der Waals surface area contributed by atoms with E-state index in [9.17, 15) is 4.79 Å². The smallest absolute Gasteiger partial charge is 0.358 e. The Kier molecular flexibility index (Phi) is 9.22. The Morgan fingerprint density at radius 2 is 2.00 bits per heavy atom. The number of halogens is 1. The van der Waals surface area contributed by atoms with Crippen LogP contribution in [0.15, 0.2) is 17.0 Å². The molecule has 0 aromatic carbocycles. The molecule has 118 valence electrons. The highest BCUT2D eigenvalue weighted by Crippen LogP contribution is 2.16. The highest BCUT2D eigenvalue weighted by Gasteiger charge is 2.13. The quantitative estimate of drug-likeness (QED) is 0.447. The third-order valence-corrected chi connectivity index (χ3v) is 3.94. The maximum absolute atomic E-state index is 11.9. The Morgan fingerprint density at radius 3 is 2.67 bits per heavy atom. The molecule has 0 saturated carbocycles. The fourth-order valence-electron chi connectivity index (χ4n) is 2.15. The molecule has 1 heterocycles. The first-order valence-corrected chi connectivity index (χ1v) is 8.61. The Bertz CT molecular complexity index is 426. The van der Waals surface area contributed by atoms with Crippen LogP contribution in [0.4, 0.5) is 0 Å². The number of hydrogen-bond donors (Lipinski definition) is 0. The maximum atomic E-state index is 11.9. The van der Waals surface area contributed by atoms with Crippen LogP contribution >= 0.6 is 15.9 Å². The summed E-state index contributed by atoms with van der Waals surface area (Å²) in [7, 11) is 0. The van der Waals surface area contributed by atoms with E-state index in [1.807, 2.05) is 0 Å². The van der Waals surface area contributed by atoms with Crippen LogP contribution in [0.25, 0.3) is 0 Å². The van der Waals surface area contributed by atoms with Gasteiger partial charge in [0.25, 0.3) is 0 Å². The molecule has 0 fully saturated rings. The fraction of sp³-hybridized carbons (Fsp3) is 0.688. The van der Waals surface area contributed by atoms with Gasteiger partial charge in [0, 0.05) is 0 Å². The highest BCUT2D eigenvalue weighted by atomic mass is 79.9. The molecular weight excluding hydrogens is 332 g/mol. The molecule has 0 aliphatic heterocycles. The zero-order valence-electron chi connectivity index (χ0n) is 13.0. The summed E-state index contributed by atoms with van der Waals surface area (Å²) in [5.41, 5.74) is 0.252. The van der Waals surface area contributed by atoms with E-state index in [2.05, 4.69) is 39.7 Å². The number of aromatic nitrogens is 2. The topological polar surface area (TPSA) is 52.1 Å². The van der Waals surface area contributed by atoms with E-state index in [1.54, 1.807) is 6.20 Å². The van der Waals surface area contributed by atoms with Gasteiger partial charge in [0.05, 0.1) is 19.0 Å². The first kappa shape index (κ1) is 18.1. The number of carbonyl (C=O) groups is 1. The molecule has 5 heteroatoms. The normalized spacial score (nSPS) is 12.1. The van der Waals surface area contributed by atoms with Crippen LogP contribution in [-0.4, -0.2) is 22.5 Å². The molecule has 0 bridgehead atoms. The summed E-state index contributed by atoms with van der Waals surface area (Å²) in [6.45, 7) is 4.83. The summed E-state index contributed by atoms with van der Waals surface area (Å²) < 4.78 is 5.89. The SMILES string of the molecule is CCCCCCCC(CC)COC(=O)c1cncc(Br)n1. The van der Waals surface area contributed by atoms with Gasteiger partial charge in [-0.25, -0.2) is 9.78 Å². The van der Waals surface area contributed by atoms with Crippen LogP contribution in [0.3, 0.4) is 0 Å². The number of esters is 1. The average Bonchev–Trinajstić information content (AvgIpc) is 2.49. The molecule has 4 nitrogen and oxygen atoms in total. The highest BCUT2D eigenvalue weighted by molar-refractivity contribution is 9.10. The van der Waals surface area contributed by atoms with Gasteiger partial charge >= 0.3 is 5.97 Å². The number of ether oxygens (including phenoxy) is 1. The van der Waals surface area contributed by atoms with Gasteiger partial charge in [0.1, 0.15) is 4.60 Å². The molecule has 0 aliphatic carbocycles. The molecular formula is C16H25BrN2O2. The van der Waals surface area contributed by atoms with E-state index in [4.69, 9.17) is 4.74 Å². The molecule has 0 saturated heterocycles. The van der Waals surface area contributed by atoms with Gasteiger partial charge in [0.15, 0.2) is 5.69 Å². The molecule has 1 rings (SSSR count). The minimum atomic E-state index is -0.395. The standard InChI is InChI=1S/C16H25BrN2O2/c1-3-5-6-7-8-9-13(4-2)12-21-16(20)14-10-18-11-15(17)19-14/h10-11,13H,3-9,12H2,1-2H3. The van der Waals surface area contributed by atoms with E-state index >= 15 is 0 Å². The number of unbranched alkanes of at least 4 members (excludes halogenated alkanes) is 4. The van der Waals surface area contributed by atoms with E-state index in [-0.39, 0.29) is 5.69 Å². The van der Waals surface area contributed by atoms with E-state index < -0.39 is 5.97 Å². The molecule has 1 aromatic rings. The third kappa shape index (κ3) is 7.55. The van der Waals surface area contributed by atoms with Crippen LogP contribution < -0.4 is 0 Å². The second-order valence-corrected chi connectivity index (χ2v) is 6.12. The minimum absolute atomic E-state index is 0.252. The molecule has 1 unspecified atom stereocenters. The summed E-state index contributed by atoms with van der Waals surface area (Å²) in [6.07, 6.45) is 11.5. The zero-order chi connectivity index (χ0) is 15.5. The molecule has 21 heavy (non-hydrogen) atoms. The van der Waals surface area contributed by atoms with Gasteiger partial charge in [-0.15, -0.1) is 0 Å². The summed E-state index contributed by atoms with van der Waals surface area (Å²) >= 11 is 3.20. The van der Waals surface area contributed by atoms with Gasteiger partial charge < -0.3 is 4.74 Å². The van der Waals surface area contributed by atoms with Crippen molar-refractivity contribution in [3.63, 3.8) is 0 Å². The van der Waals surface area contributed by atoms with Crippen molar-refractivity contribution < 1.29 is 9.53 Å². The minimum Gasteiger partial charge on any atom is -0.461 e. The van der Waals surface area contributed by atoms with Crippen molar-refractivity contribution in [2.45, 2.75) is 58.8 Å². The predicted octanol–water partition coefficient (Wildman–Crippen LogP) is 4.78. The van der Waals surface area contributed by atoms with Crippen LogP contribution in [0.1, 0.15) is 69.3 Å². The van der Waals surface area contributed by atoms with Crippen molar-refractivity contribution >= 4 is 21.9 Å². The van der Waals surface area contributed by atoms with E-state index in [0.29, 0.717) is 17.1 Å². The fourth-order valence-corrected chi connectivity index (χ4v) is 2.46. The monoisotopic (exact) mass is 356 g/mol. The molecule has 0 spiro atoms. The lowest BCUT2D eigenvalue weighted by Crippen LogP contribution is -2.15. The first-order chi connectivity index (χ1) is 10.2. The first-order valence-electron chi connectivity index (χ1n) is 7.82. The largest absolute Gasteiger partial charge is 0.461 e. The molecule has 0 radical (unpaired) electrons. The third-order valence-electron chi connectivity index (χ3n) is 3.56. The molecule has 1 aromatic heterocycles. The Morgan fingerprint density at radius 1 is 1.24 bits per heavy atom. The summed E-state index contributed by atoms with van der Waals surface area (Å²) in [5.74, 6) is 0.0453. The predicted molar refractivity (Wildman–Crippen MR) is 87.2 cm³/mol. The van der Waals surface area contributed by atoms with Gasteiger partial charge in [0.2, 0.25) is 0 Å². The lowest BCUT2D eigenvalue weighted by atomic mass is 9.99. The summed E-state index contributed by atoms with van der Waals surface area (Å²) in [6, 6.07) is 0. The van der Waals surface area contributed by atoms with Crippen LogP contribution in [-0.2, 0) is 4.74 Å². The lowest BCUT2D eigenvalue weighted by molar-refractivity contribution is 0.0420. The van der Waals surface area contributed by atoms with Crippen molar-refractivity contribution in [1.82, 2.24) is 9.97 Å². The van der Waals surface area contributed by atoms with Crippen molar-refractivity contribution in [3.8, 4) is 0 Å². The number of rotatable bonds is 10. The molecule has 0 aliphatic rings. The number of hydrogen-bond acceptors (Lipinski definition) is 4. The summed E-state index contributed by atoms with van der Waals surface area (Å²) in [4.78, 5) is 19.9. The maximum Gasteiger partial charge on any atom is 0.358 e. The Labute approximate surface area is 135 Å². The van der Waals surface area contributed by atoms with Crippen molar-refractivity contribution in [2.75, 3.05) is 6.61 Å².